The van der Waals surface area contributed by atoms with E-state index in [4.69, 9.17) is 0 Å². The molecule has 0 radical (unpaired) electrons. The molecule has 126 valence electrons. The topological polar surface area (TPSA) is 58.2 Å². The molecule has 5 heteroatoms. The van der Waals surface area contributed by atoms with E-state index in [2.05, 4.69) is 29.0 Å². The van der Waals surface area contributed by atoms with Gasteiger partial charge in [0.25, 0.3) is 0 Å². The van der Waals surface area contributed by atoms with Crippen molar-refractivity contribution in [2.24, 2.45) is 0 Å². The minimum absolute atomic E-state index is 0.0331. The molecule has 4 nitrogen and oxygen atoms in total. The van der Waals surface area contributed by atoms with Crippen LogP contribution in [0, 0.1) is 0 Å². The summed E-state index contributed by atoms with van der Waals surface area (Å²) in [5.74, 6) is -0.0865. The number of hydrogen-bond acceptors (Lipinski definition) is 3. The molecule has 1 atom stereocenters. The second-order valence-corrected chi connectivity index (χ2v) is 6.87. The molecule has 0 fully saturated rings. The Labute approximate surface area is 146 Å². The van der Waals surface area contributed by atoms with E-state index in [1.807, 2.05) is 23.6 Å². The molecule has 2 amide bonds. The summed E-state index contributed by atoms with van der Waals surface area (Å²) in [6, 6.07) is 8.18. The lowest BCUT2D eigenvalue weighted by Crippen LogP contribution is -2.27. The normalized spacial score (nSPS) is 15.9. The molecule has 0 spiro atoms. The van der Waals surface area contributed by atoms with Crippen molar-refractivity contribution < 1.29 is 9.59 Å². The molecule has 1 aliphatic heterocycles. The molecule has 2 heterocycles. The lowest BCUT2D eigenvalue weighted by atomic mass is 9.95. The first-order valence-corrected chi connectivity index (χ1v) is 9.33. The summed E-state index contributed by atoms with van der Waals surface area (Å²) in [5, 5.41) is 9.96. The minimum Gasteiger partial charge on any atom is -0.356 e. The highest BCUT2D eigenvalue weighted by Crippen LogP contribution is 2.35. The molecule has 0 saturated heterocycles. The van der Waals surface area contributed by atoms with Crippen LogP contribution in [0.15, 0.2) is 35.0 Å². The summed E-state index contributed by atoms with van der Waals surface area (Å²) in [4.78, 5) is 24.1. The number of nitrogens with one attached hydrogen (secondary N) is 2. The van der Waals surface area contributed by atoms with Crippen molar-refractivity contribution in [2.45, 2.75) is 38.5 Å². The molecule has 0 saturated carbocycles. The Hall–Kier alpha value is -2.14. The summed E-state index contributed by atoms with van der Waals surface area (Å²) in [6.07, 6.45) is 2.84. The Morgan fingerprint density at radius 3 is 2.92 bits per heavy atom. The number of carbonyl (C=O) groups is 2. The van der Waals surface area contributed by atoms with E-state index in [0.717, 1.165) is 24.1 Å². The summed E-state index contributed by atoms with van der Waals surface area (Å²) in [5.41, 5.74) is 4.40. The van der Waals surface area contributed by atoms with Gasteiger partial charge in [-0.2, -0.15) is 11.3 Å². The Bertz CT molecular complexity index is 725. The number of rotatable bonds is 7. The van der Waals surface area contributed by atoms with Gasteiger partial charge in [0.1, 0.15) is 0 Å². The predicted octanol–water partition coefficient (Wildman–Crippen LogP) is 3.49. The van der Waals surface area contributed by atoms with Crippen LogP contribution in [0.1, 0.15) is 42.4 Å². The van der Waals surface area contributed by atoms with Crippen molar-refractivity contribution in [2.75, 3.05) is 11.9 Å². The van der Waals surface area contributed by atoms with Crippen molar-refractivity contribution >= 4 is 28.8 Å². The minimum atomic E-state index is -0.163. The number of fused-ring (bicyclic) bond motifs is 1. The molecular formula is C19H22N2O2S. The highest BCUT2D eigenvalue weighted by molar-refractivity contribution is 7.07. The summed E-state index contributed by atoms with van der Waals surface area (Å²) >= 11 is 1.65. The van der Waals surface area contributed by atoms with Crippen molar-refractivity contribution in [3.63, 3.8) is 0 Å². The molecule has 24 heavy (non-hydrogen) atoms. The summed E-state index contributed by atoms with van der Waals surface area (Å²) in [6.45, 7) is 2.63. The summed E-state index contributed by atoms with van der Waals surface area (Å²) < 4.78 is 0. The van der Waals surface area contributed by atoms with Gasteiger partial charge in [-0.3, -0.25) is 9.59 Å². The smallest absolute Gasteiger partial charge is 0.232 e. The van der Waals surface area contributed by atoms with E-state index in [-0.39, 0.29) is 17.7 Å². The van der Waals surface area contributed by atoms with Crippen LogP contribution < -0.4 is 10.6 Å². The Morgan fingerprint density at radius 2 is 2.17 bits per heavy atom. The fourth-order valence-electron chi connectivity index (χ4n) is 3.02. The molecule has 2 aromatic rings. The molecule has 1 aromatic carbocycles. The molecule has 1 aliphatic rings. The van der Waals surface area contributed by atoms with E-state index in [0.29, 0.717) is 19.4 Å². The first-order valence-electron chi connectivity index (χ1n) is 8.39. The molecule has 2 N–H and O–H groups in total. The average Bonchev–Trinajstić information content (AvgIpc) is 3.20. The fourth-order valence-corrected chi connectivity index (χ4v) is 3.72. The Morgan fingerprint density at radius 1 is 1.29 bits per heavy atom. The van der Waals surface area contributed by atoms with Gasteiger partial charge in [0, 0.05) is 18.7 Å². The third-order valence-corrected chi connectivity index (χ3v) is 5.18. The van der Waals surface area contributed by atoms with Crippen LogP contribution in [0.25, 0.3) is 0 Å². The van der Waals surface area contributed by atoms with Crippen molar-refractivity contribution in [1.82, 2.24) is 5.32 Å². The van der Waals surface area contributed by atoms with E-state index in [9.17, 15) is 9.59 Å². The van der Waals surface area contributed by atoms with Gasteiger partial charge in [-0.1, -0.05) is 19.1 Å². The second kappa shape index (κ2) is 7.62. The third-order valence-electron chi connectivity index (χ3n) is 4.45. The van der Waals surface area contributed by atoms with Crippen LogP contribution in [-0.4, -0.2) is 18.4 Å². The Kier molecular flexibility index (Phi) is 5.30. The van der Waals surface area contributed by atoms with Crippen LogP contribution in [-0.2, 0) is 22.4 Å². The number of anilines is 1. The lowest BCUT2D eigenvalue weighted by molar-refractivity contribution is -0.121. The molecule has 0 unspecified atom stereocenters. The zero-order valence-electron chi connectivity index (χ0n) is 13.8. The van der Waals surface area contributed by atoms with E-state index in [1.54, 1.807) is 11.3 Å². The van der Waals surface area contributed by atoms with Gasteiger partial charge >= 0.3 is 0 Å². The average molecular weight is 342 g/mol. The maximum Gasteiger partial charge on any atom is 0.232 e. The van der Waals surface area contributed by atoms with Gasteiger partial charge in [-0.05, 0) is 58.8 Å². The standard InChI is InChI=1S/C19H22N2O2S/c1-2-13-3-5-17-16(11-13)15(19(23)21-17)7-9-20-18(22)6-4-14-8-10-24-12-14/h3,5,8,10-12,15H,2,4,6-7,9H2,1H3,(H,20,22)(H,21,23)/t15-/m1/s1. The molecule has 0 bridgehead atoms. The summed E-state index contributed by atoms with van der Waals surface area (Å²) in [7, 11) is 0. The quantitative estimate of drug-likeness (QED) is 0.809. The number of benzene rings is 1. The van der Waals surface area contributed by atoms with E-state index < -0.39 is 0 Å². The predicted molar refractivity (Wildman–Crippen MR) is 97.5 cm³/mol. The van der Waals surface area contributed by atoms with E-state index >= 15 is 0 Å². The molecule has 3 rings (SSSR count). The maximum absolute atomic E-state index is 12.2. The van der Waals surface area contributed by atoms with Gasteiger partial charge in [0.05, 0.1) is 5.92 Å². The van der Waals surface area contributed by atoms with Gasteiger partial charge < -0.3 is 10.6 Å². The highest BCUT2D eigenvalue weighted by Gasteiger charge is 2.30. The van der Waals surface area contributed by atoms with E-state index in [1.165, 1.54) is 11.1 Å². The largest absolute Gasteiger partial charge is 0.356 e. The maximum atomic E-state index is 12.2. The molecule has 1 aromatic heterocycles. The highest BCUT2D eigenvalue weighted by atomic mass is 32.1. The number of hydrogen-bond donors (Lipinski definition) is 2. The zero-order valence-corrected chi connectivity index (χ0v) is 14.6. The van der Waals surface area contributed by atoms with Crippen molar-refractivity contribution in [3.8, 4) is 0 Å². The van der Waals surface area contributed by atoms with Gasteiger partial charge in [0.15, 0.2) is 0 Å². The van der Waals surface area contributed by atoms with Crippen LogP contribution >= 0.6 is 11.3 Å². The van der Waals surface area contributed by atoms with Gasteiger partial charge in [-0.25, -0.2) is 0 Å². The first-order chi connectivity index (χ1) is 11.7. The first kappa shape index (κ1) is 16.7. The van der Waals surface area contributed by atoms with Crippen LogP contribution in [0.4, 0.5) is 5.69 Å². The van der Waals surface area contributed by atoms with Crippen molar-refractivity contribution in [3.05, 3.63) is 51.7 Å². The monoisotopic (exact) mass is 342 g/mol. The lowest BCUT2D eigenvalue weighted by Gasteiger charge is -2.11. The zero-order chi connectivity index (χ0) is 16.9. The van der Waals surface area contributed by atoms with Gasteiger partial charge in [-0.15, -0.1) is 0 Å². The number of carbonyl (C=O) groups excluding carboxylic acids is 2. The molecule has 0 aliphatic carbocycles. The Balaban J connectivity index is 1.50. The van der Waals surface area contributed by atoms with Gasteiger partial charge in [0.2, 0.25) is 11.8 Å². The SMILES string of the molecule is CCc1ccc2c(c1)[C@@H](CCNC(=O)CCc1ccsc1)C(=O)N2. The number of aryl methyl sites for hydroxylation is 2. The second-order valence-electron chi connectivity index (χ2n) is 6.09. The molecular weight excluding hydrogens is 320 g/mol. The third kappa shape index (κ3) is 3.85. The van der Waals surface area contributed by atoms with Crippen molar-refractivity contribution in [1.29, 1.82) is 0 Å². The number of thiophene rings is 1. The van der Waals surface area contributed by atoms with Crippen LogP contribution in [0.2, 0.25) is 0 Å². The fraction of sp³-hybridized carbons (Fsp3) is 0.368. The number of amides is 2. The van der Waals surface area contributed by atoms with Crippen LogP contribution in [0.5, 0.6) is 0 Å². The van der Waals surface area contributed by atoms with Crippen LogP contribution in [0.3, 0.4) is 0 Å².